The van der Waals surface area contributed by atoms with Crippen LogP contribution in [0.25, 0.3) is 0 Å². The number of rotatable bonds is 13. The second-order valence-electron chi connectivity index (χ2n) is 5.65. The molecule has 0 spiro atoms. The van der Waals surface area contributed by atoms with Gasteiger partial charge in [0.15, 0.2) is 0 Å². The van der Waals surface area contributed by atoms with Gasteiger partial charge in [0.2, 0.25) is 0 Å². The van der Waals surface area contributed by atoms with Gasteiger partial charge in [0.1, 0.15) is 0 Å². The van der Waals surface area contributed by atoms with Crippen LogP contribution in [0.5, 0.6) is 0 Å². The van der Waals surface area contributed by atoms with Crippen molar-refractivity contribution in [2.45, 2.75) is 90.9 Å². The number of esters is 1. The average Bonchev–Trinajstić information content (AvgIpc) is 2.46. The van der Waals surface area contributed by atoms with E-state index < -0.39 is 0 Å². The molecule has 0 amide bonds. The normalized spacial score (nSPS) is 10.3. The first-order valence-electron chi connectivity index (χ1n) is 8.52. The van der Waals surface area contributed by atoms with Crippen molar-refractivity contribution in [2.24, 2.45) is 0 Å². The van der Waals surface area contributed by atoms with Crippen LogP contribution in [-0.4, -0.2) is 13.1 Å². The molecular formula is C18H34O2. The van der Waals surface area contributed by atoms with Crippen molar-refractivity contribution in [1.29, 1.82) is 0 Å². The SMILES string of the molecule is CCCCCCCC(=CC(=O)OC)CCCCCCC. The largest absolute Gasteiger partial charge is 0.466 e. The fourth-order valence-electron chi connectivity index (χ4n) is 2.41. The molecule has 0 heterocycles. The summed E-state index contributed by atoms with van der Waals surface area (Å²) in [4.78, 5) is 11.4. The van der Waals surface area contributed by atoms with E-state index in [1.54, 1.807) is 6.08 Å². The molecule has 0 bridgehead atoms. The van der Waals surface area contributed by atoms with Crippen molar-refractivity contribution in [1.82, 2.24) is 0 Å². The van der Waals surface area contributed by atoms with Gasteiger partial charge in [-0.1, -0.05) is 70.8 Å². The van der Waals surface area contributed by atoms with Crippen LogP contribution in [0.3, 0.4) is 0 Å². The maximum Gasteiger partial charge on any atom is 0.330 e. The quantitative estimate of drug-likeness (QED) is 0.242. The van der Waals surface area contributed by atoms with Gasteiger partial charge in [-0.05, 0) is 25.7 Å². The van der Waals surface area contributed by atoms with Crippen LogP contribution >= 0.6 is 0 Å². The molecule has 0 N–H and O–H groups in total. The second-order valence-corrected chi connectivity index (χ2v) is 5.65. The molecule has 20 heavy (non-hydrogen) atoms. The average molecular weight is 282 g/mol. The lowest BCUT2D eigenvalue weighted by atomic mass is 9.99. The highest BCUT2D eigenvalue weighted by molar-refractivity contribution is 5.82. The van der Waals surface area contributed by atoms with Crippen molar-refractivity contribution in [3.63, 3.8) is 0 Å². The Bertz CT molecular complexity index is 240. The van der Waals surface area contributed by atoms with Crippen LogP contribution < -0.4 is 0 Å². The molecule has 0 atom stereocenters. The maximum atomic E-state index is 11.4. The van der Waals surface area contributed by atoms with Crippen molar-refractivity contribution in [2.75, 3.05) is 7.11 Å². The van der Waals surface area contributed by atoms with Gasteiger partial charge in [0.25, 0.3) is 0 Å². The molecule has 0 saturated heterocycles. The van der Waals surface area contributed by atoms with Gasteiger partial charge in [0.05, 0.1) is 7.11 Å². The fourth-order valence-corrected chi connectivity index (χ4v) is 2.41. The Hall–Kier alpha value is -0.790. The van der Waals surface area contributed by atoms with Crippen LogP contribution in [0.2, 0.25) is 0 Å². The minimum Gasteiger partial charge on any atom is -0.466 e. The summed E-state index contributed by atoms with van der Waals surface area (Å²) in [5, 5.41) is 0. The Labute approximate surface area is 126 Å². The number of methoxy groups -OCH3 is 1. The third kappa shape index (κ3) is 12.3. The first-order valence-corrected chi connectivity index (χ1v) is 8.52. The molecule has 2 nitrogen and oxygen atoms in total. The molecule has 0 aliphatic carbocycles. The van der Waals surface area contributed by atoms with Gasteiger partial charge in [-0.2, -0.15) is 0 Å². The summed E-state index contributed by atoms with van der Waals surface area (Å²) >= 11 is 0. The monoisotopic (exact) mass is 282 g/mol. The van der Waals surface area contributed by atoms with Gasteiger partial charge in [-0.15, -0.1) is 0 Å². The van der Waals surface area contributed by atoms with E-state index in [1.807, 2.05) is 0 Å². The highest BCUT2D eigenvalue weighted by Crippen LogP contribution is 2.18. The van der Waals surface area contributed by atoms with E-state index in [4.69, 9.17) is 4.74 Å². The zero-order chi connectivity index (χ0) is 15.1. The van der Waals surface area contributed by atoms with Crippen molar-refractivity contribution < 1.29 is 9.53 Å². The fraction of sp³-hybridized carbons (Fsp3) is 0.833. The molecule has 0 fully saturated rings. The molecule has 2 heteroatoms. The van der Waals surface area contributed by atoms with Crippen molar-refractivity contribution >= 4 is 5.97 Å². The van der Waals surface area contributed by atoms with E-state index >= 15 is 0 Å². The second kappa shape index (κ2) is 14.6. The highest BCUT2D eigenvalue weighted by atomic mass is 16.5. The molecule has 0 rings (SSSR count). The summed E-state index contributed by atoms with van der Waals surface area (Å²) in [6.45, 7) is 4.47. The van der Waals surface area contributed by atoms with Crippen molar-refractivity contribution in [3.8, 4) is 0 Å². The van der Waals surface area contributed by atoms with Crippen LogP contribution in [0.1, 0.15) is 90.9 Å². The number of hydrogen-bond donors (Lipinski definition) is 0. The molecule has 0 aromatic heterocycles. The number of hydrogen-bond acceptors (Lipinski definition) is 2. The van der Waals surface area contributed by atoms with E-state index in [1.165, 1.54) is 76.9 Å². The lowest BCUT2D eigenvalue weighted by molar-refractivity contribution is -0.134. The van der Waals surface area contributed by atoms with Crippen LogP contribution in [-0.2, 0) is 9.53 Å². The van der Waals surface area contributed by atoms with E-state index in [0.29, 0.717) is 0 Å². The number of ether oxygens (including phenoxy) is 1. The molecule has 0 unspecified atom stereocenters. The number of carbonyl (C=O) groups excluding carboxylic acids is 1. The van der Waals surface area contributed by atoms with Gasteiger partial charge < -0.3 is 4.74 Å². The third-order valence-corrected chi connectivity index (χ3v) is 3.73. The molecule has 0 aliphatic heterocycles. The lowest BCUT2D eigenvalue weighted by Gasteiger charge is -2.07. The molecular weight excluding hydrogens is 248 g/mol. The Kier molecular flexibility index (Phi) is 14.0. The Morgan fingerprint density at radius 1 is 0.800 bits per heavy atom. The van der Waals surface area contributed by atoms with Gasteiger partial charge in [-0.3, -0.25) is 0 Å². The molecule has 0 aromatic carbocycles. The topological polar surface area (TPSA) is 26.3 Å². The number of allylic oxidation sites excluding steroid dienone is 1. The summed E-state index contributed by atoms with van der Waals surface area (Å²) in [5.41, 5.74) is 1.28. The molecule has 0 saturated carbocycles. The summed E-state index contributed by atoms with van der Waals surface area (Å²) in [5.74, 6) is -0.192. The Morgan fingerprint density at radius 2 is 1.25 bits per heavy atom. The zero-order valence-electron chi connectivity index (χ0n) is 13.9. The maximum absolute atomic E-state index is 11.4. The van der Waals surface area contributed by atoms with E-state index in [9.17, 15) is 4.79 Å². The van der Waals surface area contributed by atoms with E-state index in [0.717, 1.165) is 12.8 Å². The van der Waals surface area contributed by atoms with Gasteiger partial charge in [0, 0.05) is 6.08 Å². The summed E-state index contributed by atoms with van der Waals surface area (Å²) in [6, 6.07) is 0. The van der Waals surface area contributed by atoms with Crippen LogP contribution in [0.4, 0.5) is 0 Å². The highest BCUT2D eigenvalue weighted by Gasteiger charge is 2.03. The predicted molar refractivity (Wildman–Crippen MR) is 86.9 cm³/mol. The smallest absolute Gasteiger partial charge is 0.330 e. The lowest BCUT2D eigenvalue weighted by Crippen LogP contribution is -1.98. The molecule has 0 radical (unpaired) electrons. The minimum atomic E-state index is -0.192. The summed E-state index contributed by atoms with van der Waals surface area (Å²) < 4.78 is 4.76. The zero-order valence-corrected chi connectivity index (χ0v) is 13.9. The van der Waals surface area contributed by atoms with Crippen LogP contribution in [0.15, 0.2) is 11.6 Å². The van der Waals surface area contributed by atoms with Crippen LogP contribution in [0, 0.1) is 0 Å². The Balaban J connectivity index is 3.95. The predicted octanol–water partition coefficient (Wildman–Crippen LogP) is 5.81. The van der Waals surface area contributed by atoms with E-state index in [2.05, 4.69) is 13.8 Å². The first kappa shape index (κ1) is 19.2. The number of carbonyl (C=O) groups is 1. The van der Waals surface area contributed by atoms with Crippen molar-refractivity contribution in [3.05, 3.63) is 11.6 Å². The molecule has 118 valence electrons. The standard InChI is InChI=1S/C18H34O2/c1-4-6-8-10-12-14-17(16-18(19)20-3)15-13-11-9-7-5-2/h16H,4-15H2,1-3H3. The summed E-state index contributed by atoms with van der Waals surface area (Å²) in [7, 11) is 1.46. The van der Waals surface area contributed by atoms with Gasteiger partial charge in [-0.25, -0.2) is 4.79 Å². The first-order chi connectivity index (χ1) is 9.74. The molecule has 0 aromatic rings. The van der Waals surface area contributed by atoms with E-state index in [-0.39, 0.29) is 5.97 Å². The minimum absolute atomic E-state index is 0.192. The van der Waals surface area contributed by atoms with Gasteiger partial charge >= 0.3 is 5.97 Å². The summed E-state index contributed by atoms with van der Waals surface area (Å²) in [6.07, 6.45) is 16.7. The number of unbranched alkanes of at least 4 members (excludes halogenated alkanes) is 8. The third-order valence-electron chi connectivity index (χ3n) is 3.73. The Morgan fingerprint density at radius 3 is 1.65 bits per heavy atom. The molecule has 0 aliphatic rings.